The minimum atomic E-state index is 0.138. The third-order valence-corrected chi connectivity index (χ3v) is 8.95. The van der Waals surface area contributed by atoms with Crippen LogP contribution >= 0.6 is 58.1 Å². The Balaban J connectivity index is 1.50. The molecule has 1 unspecified atom stereocenters. The molecule has 2 N–H and O–H groups in total. The van der Waals surface area contributed by atoms with E-state index >= 15 is 0 Å². The molecule has 0 fully saturated rings. The summed E-state index contributed by atoms with van der Waals surface area (Å²) in [6.07, 6.45) is 1.67. The summed E-state index contributed by atoms with van der Waals surface area (Å²) in [6, 6.07) is 12.1. The van der Waals surface area contributed by atoms with Crippen molar-refractivity contribution in [3.05, 3.63) is 71.5 Å². The van der Waals surface area contributed by atoms with Crippen LogP contribution in [0.5, 0.6) is 0 Å². The molecule has 1 aliphatic rings. The lowest BCUT2D eigenvalue weighted by molar-refractivity contribution is 0.610. The molecule has 0 bridgehead atoms. The van der Waals surface area contributed by atoms with Crippen LogP contribution in [0.15, 0.2) is 40.7 Å². The summed E-state index contributed by atoms with van der Waals surface area (Å²) in [5.74, 6) is 0.883. The van der Waals surface area contributed by atoms with Crippen LogP contribution in [-0.2, 0) is 12.8 Å². The first kappa shape index (κ1) is 25.9. The second-order valence-corrected chi connectivity index (χ2v) is 11.8. The van der Waals surface area contributed by atoms with Crippen LogP contribution in [0.2, 0.25) is 9.36 Å². The summed E-state index contributed by atoms with van der Waals surface area (Å²) in [5.41, 5.74) is 3.78. The Morgan fingerprint density at radius 2 is 2.17 bits per heavy atom. The van der Waals surface area contributed by atoms with Gasteiger partial charge in [0.25, 0.3) is 0 Å². The van der Waals surface area contributed by atoms with Crippen LogP contribution in [0.3, 0.4) is 0 Å². The lowest BCUT2D eigenvalue weighted by atomic mass is 9.96. The number of guanidine groups is 1. The average molecular weight is 563 g/mol. The lowest BCUT2D eigenvalue weighted by Crippen LogP contribution is -2.45. The first-order valence-electron chi connectivity index (χ1n) is 11.3. The van der Waals surface area contributed by atoms with E-state index in [1.807, 2.05) is 36.1 Å². The second-order valence-electron chi connectivity index (χ2n) is 8.19. The van der Waals surface area contributed by atoms with Gasteiger partial charge in [0.15, 0.2) is 11.1 Å². The van der Waals surface area contributed by atoms with Gasteiger partial charge in [-0.15, -0.1) is 22.7 Å². The van der Waals surface area contributed by atoms with E-state index in [1.54, 1.807) is 11.3 Å². The number of nitrogens with one attached hydrogen (secondary N) is 2. The van der Waals surface area contributed by atoms with Gasteiger partial charge in [0.05, 0.1) is 16.4 Å². The van der Waals surface area contributed by atoms with E-state index in [9.17, 15) is 5.26 Å². The molecule has 0 aliphatic carbocycles. The molecule has 0 amide bonds. The van der Waals surface area contributed by atoms with E-state index in [0.717, 1.165) is 28.5 Å². The topological polar surface area (TPSA) is 63.5 Å². The Labute approximate surface area is 229 Å². The number of halogens is 2. The molecule has 0 spiro atoms. The number of hydrogen-bond acceptors (Lipinski definition) is 6. The van der Waals surface area contributed by atoms with Crippen LogP contribution in [0, 0.1) is 18.3 Å². The highest BCUT2D eigenvalue weighted by molar-refractivity contribution is 7.80. The molecule has 2 aromatic heterocycles. The summed E-state index contributed by atoms with van der Waals surface area (Å²) in [5, 5.41) is 19.9. The number of anilines is 1. The van der Waals surface area contributed by atoms with E-state index in [-0.39, 0.29) is 5.92 Å². The molecule has 1 aliphatic heterocycles. The van der Waals surface area contributed by atoms with Crippen LogP contribution < -0.4 is 10.6 Å². The monoisotopic (exact) mass is 561 g/mol. The first-order chi connectivity index (χ1) is 16.9. The van der Waals surface area contributed by atoms with Gasteiger partial charge in [-0.3, -0.25) is 9.89 Å². The minimum Gasteiger partial charge on any atom is -0.355 e. The molecule has 182 valence electrons. The van der Waals surface area contributed by atoms with Crippen molar-refractivity contribution in [1.82, 2.24) is 10.2 Å². The largest absolute Gasteiger partial charge is 0.355 e. The lowest BCUT2D eigenvalue weighted by Gasteiger charge is -2.24. The van der Waals surface area contributed by atoms with Crippen molar-refractivity contribution in [3.63, 3.8) is 0 Å². The molecular formula is C25H25Cl2N5S3. The molecule has 0 radical (unpaired) electrons. The van der Waals surface area contributed by atoms with Gasteiger partial charge in [-0.2, -0.15) is 5.26 Å². The molecule has 1 aromatic carbocycles. The summed E-state index contributed by atoms with van der Waals surface area (Å²) >= 11 is 21.6. The molecule has 3 heterocycles. The average Bonchev–Trinajstić information content (AvgIpc) is 3.55. The van der Waals surface area contributed by atoms with Crippen molar-refractivity contribution < 1.29 is 0 Å². The van der Waals surface area contributed by atoms with Gasteiger partial charge in [0.1, 0.15) is 6.07 Å². The predicted molar refractivity (Wildman–Crippen MR) is 154 cm³/mol. The Bertz CT molecular complexity index is 1290. The van der Waals surface area contributed by atoms with Crippen LogP contribution in [0.1, 0.15) is 39.3 Å². The zero-order valence-electron chi connectivity index (χ0n) is 19.4. The highest BCUT2D eigenvalue weighted by atomic mass is 35.5. The number of rotatable bonds is 7. The third kappa shape index (κ3) is 6.16. The van der Waals surface area contributed by atoms with Gasteiger partial charge in [-0.05, 0) is 67.2 Å². The molecule has 4 rings (SSSR count). The number of nitrogens with zero attached hydrogens (tertiary/aromatic N) is 3. The Hall–Kier alpha value is -2.15. The van der Waals surface area contributed by atoms with Gasteiger partial charge >= 0.3 is 0 Å². The molecule has 0 saturated carbocycles. The molecule has 5 nitrogen and oxygen atoms in total. The van der Waals surface area contributed by atoms with E-state index < -0.39 is 0 Å². The fourth-order valence-corrected chi connectivity index (χ4v) is 6.92. The van der Waals surface area contributed by atoms with Crippen molar-refractivity contribution in [1.29, 1.82) is 5.26 Å². The molecule has 0 saturated heterocycles. The van der Waals surface area contributed by atoms with Crippen LogP contribution in [0.25, 0.3) is 0 Å². The number of nitriles is 1. The number of aliphatic imine (C=N–C) groups is 1. The van der Waals surface area contributed by atoms with Crippen LogP contribution in [-0.4, -0.2) is 35.6 Å². The van der Waals surface area contributed by atoms with Crippen molar-refractivity contribution in [3.8, 4) is 6.07 Å². The molecule has 35 heavy (non-hydrogen) atoms. The molecule has 3 aromatic rings. The number of hydrogen-bond donors (Lipinski definition) is 2. The Kier molecular flexibility index (Phi) is 8.68. The second kappa shape index (κ2) is 11.7. The van der Waals surface area contributed by atoms with Gasteiger partial charge in [-0.1, -0.05) is 36.2 Å². The number of thiophene rings is 2. The molecule has 1 atom stereocenters. The van der Waals surface area contributed by atoms with Crippen molar-refractivity contribution in [2.45, 2.75) is 32.6 Å². The summed E-state index contributed by atoms with van der Waals surface area (Å²) < 4.78 is 0.697. The van der Waals surface area contributed by atoms with E-state index in [1.165, 1.54) is 21.8 Å². The summed E-state index contributed by atoms with van der Waals surface area (Å²) in [7, 11) is 0. The van der Waals surface area contributed by atoms with E-state index in [4.69, 9.17) is 35.4 Å². The van der Waals surface area contributed by atoms with E-state index in [0.29, 0.717) is 46.1 Å². The fraction of sp³-hybridized carbons (Fsp3) is 0.320. The number of aryl methyl sites for hydroxylation is 2. The van der Waals surface area contributed by atoms with Crippen molar-refractivity contribution in [2.75, 3.05) is 25.0 Å². The molecular weight excluding hydrogens is 537 g/mol. The first-order valence-corrected chi connectivity index (χ1v) is 14.1. The predicted octanol–water partition coefficient (Wildman–Crippen LogP) is 6.84. The number of benzene rings is 1. The zero-order valence-corrected chi connectivity index (χ0v) is 23.4. The SMILES string of the molecule is CCc1csc(C(CNC2=NCCN2C(=S)Nc2cccc(Cl)c2)Cc2c(Cl)sc(C)c2C#N)c1. The highest BCUT2D eigenvalue weighted by Crippen LogP contribution is 2.36. The van der Waals surface area contributed by atoms with Gasteiger partial charge in [0, 0.05) is 45.0 Å². The maximum atomic E-state index is 9.70. The Morgan fingerprint density at radius 3 is 2.89 bits per heavy atom. The number of thiocarbonyl (C=S) groups is 1. The van der Waals surface area contributed by atoms with Crippen molar-refractivity contribution >= 4 is 74.9 Å². The van der Waals surface area contributed by atoms with Crippen molar-refractivity contribution in [2.24, 2.45) is 4.99 Å². The van der Waals surface area contributed by atoms with Crippen LogP contribution in [0.4, 0.5) is 5.69 Å². The smallest absolute Gasteiger partial charge is 0.200 e. The van der Waals surface area contributed by atoms with Gasteiger partial charge in [0.2, 0.25) is 0 Å². The summed E-state index contributed by atoms with van der Waals surface area (Å²) in [6.45, 7) is 6.12. The minimum absolute atomic E-state index is 0.138. The summed E-state index contributed by atoms with van der Waals surface area (Å²) in [4.78, 5) is 8.85. The van der Waals surface area contributed by atoms with Gasteiger partial charge < -0.3 is 10.6 Å². The normalized spacial score (nSPS) is 13.9. The standard InChI is InChI=1S/C25H25Cl2N5S3/c1-3-16-9-22(34-14-16)17(10-20-21(12-28)15(2)35-23(20)27)13-30-24-29-7-8-32(24)25(33)31-19-6-4-5-18(26)11-19/h4-6,9,11,14,17H,3,7-8,10,13H2,1-2H3,(H,29,30)(H,31,33). The van der Waals surface area contributed by atoms with Gasteiger partial charge in [-0.25, -0.2) is 0 Å². The zero-order chi connectivity index (χ0) is 24.9. The maximum absolute atomic E-state index is 9.70. The quantitative estimate of drug-likeness (QED) is 0.309. The highest BCUT2D eigenvalue weighted by Gasteiger charge is 2.25. The third-order valence-electron chi connectivity index (χ3n) is 5.85. The maximum Gasteiger partial charge on any atom is 0.200 e. The molecule has 10 heteroatoms. The fourth-order valence-electron chi connectivity index (χ4n) is 3.97. The van der Waals surface area contributed by atoms with E-state index in [2.05, 4.69) is 40.1 Å². The Morgan fingerprint density at radius 1 is 1.34 bits per heavy atom.